The van der Waals surface area contributed by atoms with Crippen molar-refractivity contribution in [1.82, 2.24) is 5.32 Å². The number of phenols is 1. The Bertz CT molecular complexity index is 887. The number of hydrogen-bond acceptors (Lipinski definition) is 5. The van der Waals surface area contributed by atoms with Crippen LogP contribution in [-0.2, 0) is 0 Å². The van der Waals surface area contributed by atoms with E-state index in [-0.39, 0.29) is 18.5 Å². The van der Waals surface area contributed by atoms with Crippen LogP contribution in [0.25, 0.3) is 0 Å². The molecule has 2 aromatic carbocycles. The molecule has 1 spiro atoms. The minimum atomic E-state index is -0.241. The SMILES string of the molecule is Oc1ccccc1C1CC(c2ccc3c(c2)OCO3)=NC2(CCCCC2)N1. The van der Waals surface area contributed by atoms with E-state index in [9.17, 15) is 5.11 Å². The first-order valence-corrected chi connectivity index (χ1v) is 9.77. The third-order valence-electron chi connectivity index (χ3n) is 5.89. The van der Waals surface area contributed by atoms with Crippen molar-refractivity contribution in [2.75, 3.05) is 6.79 Å². The molecule has 2 aromatic rings. The summed E-state index contributed by atoms with van der Waals surface area (Å²) in [5.41, 5.74) is 2.85. The molecule has 1 aliphatic carbocycles. The zero-order valence-electron chi connectivity index (χ0n) is 15.3. The van der Waals surface area contributed by atoms with Crippen LogP contribution in [0.1, 0.15) is 55.7 Å². The van der Waals surface area contributed by atoms with Crippen molar-refractivity contribution in [3.63, 3.8) is 0 Å². The fraction of sp³-hybridized carbons (Fsp3) is 0.409. The van der Waals surface area contributed by atoms with Gasteiger partial charge in [0.15, 0.2) is 11.5 Å². The Labute approximate surface area is 159 Å². The van der Waals surface area contributed by atoms with Crippen LogP contribution in [0.3, 0.4) is 0 Å². The maximum atomic E-state index is 10.4. The zero-order chi connectivity index (χ0) is 18.3. The smallest absolute Gasteiger partial charge is 0.231 e. The molecule has 0 bridgehead atoms. The number of nitrogens with zero attached hydrogens (tertiary/aromatic N) is 1. The van der Waals surface area contributed by atoms with Crippen molar-refractivity contribution in [3.8, 4) is 17.2 Å². The monoisotopic (exact) mass is 364 g/mol. The van der Waals surface area contributed by atoms with E-state index in [0.717, 1.165) is 47.6 Å². The fourth-order valence-electron chi connectivity index (χ4n) is 4.53. The van der Waals surface area contributed by atoms with Gasteiger partial charge in [0.25, 0.3) is 0 Å². The van der Waals surface area contributed by atoms with Gasteiger partial charge in [-0.05, 0) is 55.5 Å². The molecule has 2 heterocycles. The molecule has 2 aliphatic heterocycles. The highest BCUT2D eigenvalue weighted by molar-refractivity contribution is 6.02. The highest BCUT2D eigenvalue weighted by Crippen LogP contribution is 2.40. The van der Waals surface area contributed by atoms with Crippen LogP contribution in [0.5, 0.6) is 17.2 Å². The third-order valence-corrected chi connectivity index (χ3v) is 5.89. The van der Waals surface area contributed by atoms with Crippen LogP contribution in [0, 0.1) is 0 Å². The van der Waals surface area contributed by atoms with E-state index in [1.807, 2.05) is 30.3 Å². The van der Waals surface area contributed by atoms with Gasteiger partial charge in [0, 0.05) is 23.7 Å². The molecule has 0 saturated heterocycles. The minimum Gasteiger partial charge on any atom is -0.508 e. The second-order valence-corrected chi connectivity index (χ2v) is 7.68. The van der Waals surface area contributed by atoms with Gasteiger partial charge in [-0.2, -0.15) is 0 Å². The quantitative estimate of drug-likeness (QED) is 0.834. The standard InChI is InChI=1S/C22H24N2O3/c25-19-7-3-2-6-16(19)18-13-17(23-22(24-18)10-4-1-5-11-22)15-8-9-20-21(12-15)27-14-26-20/h2-3,6-9,12,18,24-25H,1,4-5,10-11,13-14H2. The van der Waals surface area contributed by atoms with Crippen LogP contribution >= 0.6 is 0 Å². The topological polar surface area (TPSA) is 63.1 Å². The van der Waals surface area contributed by atoms with Crippen LogP contribution < -0.4 is 14.8 Å². The summed E-state index contributed by atoms with van der Waals surface area (Å²) < 4.78 is 11.0. The molecule has 5 heteroatoms. The number of phenolic OH excluding ortho intramolecular Hbond substituents is 1. The van der Waals surface area contributed by atoms with Crippen LogP contribution in [-0.4, -0.2) is 23.3 Å². The lowest BCUT2D eigenvalue weighted by molar-refractivity contribution is 0.174. The molecule has 0 amide bonds. The highest BCUT2D eigenvalue weighted by atomic mass is 16.7. The molecular formula is C22H24N2O3. The Balaban J connectivity index is 1.55. The third kappa shape index (κ3) is 3.06. The Hall–Kier alpha value is -2.53. The largest absolute Gasteiger partial charge is 0.508 e. The average Bonchev–Trinajstić information content (AvgIpc) is 3.16. The first-order chi connectivity index (χ1) is 13.2. The number of rotatable bonds is 2. The molecule has 3 aliphatic rings. The van der Waals surface area contributed by atoms with Gasteiger partial charge in [-0.3, -0.25) is 10.3 Å². The molecule has 0 aromatic heterocycles. The highest BCUT2D eigenvalue weighted by Gasteiger charge is 2.39. The van der Waals surface area contributed by atoms with E-state index in [0.29, 0.717) is 5.75 Å². The molecule has 1 unspecified atom stereocenters. The van der Waals surface area contributed by atoms with Gasteiger partial charge >= 0.3 is 0 Å². The number of benzene rings is 2. The Morgan fingerprint density at radius 1 is 1.00 bits per heavy atom. The summed E-state index contributed by atoms with van der Waals surface area (Å²) in [5, 5.41) is 14.2. The average molecular weight is 364 g/mol. The first kappa shape index (κ1) is 16.6. The molecular weight excluding hydrogens is 340 g/mol. The molecule has 2 N–H and O–H groups in total. The molecule has 27 heavy (non-hydrogen) atoms. The Morgan fingerprint density at radius 2 is 1.81 bits per heavy atom. The number of para-hydroxylation sites is 1. The maximum absolute atomic E-state index is 10.4. The lowest BCUT2D eigenvalue weighted by Gasteiger charge is -2.42. The van der Waals surface area contributed by atoms with E-state index < -0.39 is 0 Å². The predicted molar refractivity (Wildman–Crippen MR) is 104 cm³/mol. The maximum Gasteiger partial charge on any atom is 0.231 e. The van der Waals surface area contributed by atoms with Crippen molar-refractivity contribution < 1.29 is 14.6 Å². The molecule has 0 radical (unpaired) electrons. The van der Waals surface area contributed by atoms with E-state index in [4.69, 9.17) is 14.5 Å². The Morgan fingerprint density at radius 3 is 2.67 bits per heavy atom. The van der Waals surface area contributed by atoms with E-state index in [1.165, 1.54) is 19.3 Å². The van der Waals surface area contributed by atoms with Crippen molar-refractivity contribution in [3.05, 3.63) is 53.6 Å². The molecule has 5 nitrogen and oxygen atoms in total. The molecule has 140 valence electrons. The van der Waals surface area contributed by atoms with Gasteiger partial charge in [0.05, 0.1) is 0 Å². The number of aromatic hydroxyl groups is 1. The summed E-state index contributed by atoms with van der Waals surface area (Å²) in [5.74, 6) is 1.91. The Kier molecular flexibility index (Phi) is 4.05. The van der Waals surface area contributed by atoms with Gasteiger partial charge in [0.2, 0.25) is 6.79 Å². The van der Waals surface area contributed by atoms with Crippen molar-refractivity contribution in [2.24, 2.45) is 4.99 Å². The van der Waals surface area contributed by atoms with Gasteiger partial charge in [-0.15, -0.1) is 0 Å². The first-order valence-electron chi connectivity index (χ1n) is 9.77. The molecule has 1 atom stereocenters. The molecule has 1 saturated carbocycles. The van der Waals surface area contributed by atoms with E-state index >= 15 is 0 Å². The van der Waals surface area contributed by atoms with E-state index in [2.05, 4.69) is 11.4 Å². The van der Waals surface area contributed by atoms with E-state index in [1.54, 1.807) is 6.07 Å². The number of nitrogens with one attached hydrogen (secondary N) is 1. The second kappa shape index (κ2) is 6.57. The van der Waals surface area contributed by atoms with Crippen LogP contribution in [0.4, 0.5) is 0 Å². The number of hydrogen-bond donors (Lipinski definition) is 2. The van der Waals surface area contributed by atoms with Gasteiger partial charge in [-0.1, -0.05) is 24.6 Å². The number of fused-ring (bicyclic) bond motifs is 1. The zero-order valence-corrected chi connectivity index (χ0v) is 15.3. The van der Waals surface area contributed by atoms with Crippen molar-refractivity contribution in [2.45, 2.75) is 50.2 Å². The predicted octanol–water partition coefficient (Wildman–Crippen LogP) is 4.31. The van der Waals surface area contributed by atoms with Gasteiger partial charge in [0.1, 0.15) is 11.4 Å². The molecule has 1 fully saturated rings. The summed E-state index contributed by atoms with van der Waals surface area (Å²) in [6.07, 6.45) is 6.42. The lowest BCUT2D eigenvalue weighted by Crippen LogP contribution is -2.51. The van der Waals surface area contributed by atoms with Crippen LogP contribution in [0.15, 0.2) is 47.5 Å². The van der Waals surface area contributed by atoms with Crippen LogP contribution in [0.2, 0.25) is 0 Å². The van der Waals surface area contributed by atoms with Crippen molar-refractivity contribution in [1.29, 1.82) is 0 Å². The normalized spacial score (nSPS) is 23.3. The summed E-state index contributed by atoms with van der Waals surface area (Å²) in [6, 6.07) is 13.7. The summed E-state index contributed by atoms with van der Waals surface area (Å²) >= 11 is 0. The summed E-state index contributed by atoms with van der Waals surface area (Å²) in [6.45, 7) is 0.275. The van der Waals surface area contributed by atoms with Gasteiger partial charge < -0.3 is 14.6 Å². The summed E-state index contributed by atoms with van der Waals surface area (Å²) in [4.78, 5) is 5.20. The fourth-order valence-corrected chi connectivity index (χ4v) is 4.53. The molecule has 5 rings (SSSR count). The number of aliphatic imine (C=N–C) groups is 1. The lowest BCUT2D eigenvalue weighted by atomic mass is 9.84. The van der Waals surface area contributed by atoms with Gasteiger partial charge in [-0.25, -0.2) is 0 Å². The van der Waals surface area contributed by atoms with Crippen molar-refractivity contribution >= 4 is 5.71 Å². The number of ether oxygens (including phenoxy) is 2. The summed E-state index contributed by atoms with van der Waals surface area (Å²) in [7, 11) is 0. The second-order valence-electron chi connectivity index (χ2n) is 7.68. The minimum absolute atomic E-state index is 0.0437.